The van der Waals surface area contributed by atoms with Gasteiger partial charge in [0.2, 0.25) is 11.9 Å². The van der Waals surface area contributed by atoms with Gasteiger partial charge in [-0.3, -0.25) is 0 Å². The molecule has 4 N–H and O–H groups in total. The first kappa shape index (κ1) is 14.5. The zero-order valence-corrected chi connectivity index (χ0v) is 12.5. The van der Waals surface area contributed by atoms with Gasteiger partial charge in [0.15, 0.2) is 0 Å². The van der Waals surface area contributed by atoms with Gasteiger partial charge in [0.25, 0.3) is 0 Å². The van der Waals surface area contributed by atoms with Crippen molar-refractivity contribution in [2.75, 3.05) is 36.4 Å². The maximum absolute atomic E-state index is 5.74. The number of piperazine rings is 1. The fourth-order valence-electron chi connectivity index (χ4n) is 3.00. The van der Waals surface area contributed by atoms with Crippen molar-refractivity contribution in [1.29, 1.82) is 0 Å². The normalized spacial score (nSPS) is 20.5. The minimum Gasteiger partial charge on any atom is -0.351 e. The third-order valence-electron chi connectivity index (χ3n) is 4.19. The number of hydrogen-bond donors (Lipinski definition) is 3. The van der Waals surface area contributed by atoms with Gasteiger partial charge < -0.3 is 21.3 Å². The fraction of sp³-hybridized carbons (Fsp3) is 0.786. The average Bonchev–Trinajstić information content (AvgIpc) is 2.56. The lowest BCUT2D eigenvalue weighted by Gasteiger charge is -2.28. The van der Waals surface area contributed by atoms with Crippen molar-refractivity contribution < 1.29 is 0 Å². The highest BCUT2D eigenvalue weighted by atomic mass is 15.3. The standard InChI is InChI=1S/C14H25N7/c15-10-12-18-13(17-11-4-2-1-3-5-11)20-14(19-12)21-8-6-16-7-9-21/h11,16H,1-10,15H2,(H,17,18,19,20). The molecule has 1 saturated heterocycles. The maximum atomic E-state index is 5.74. The zero-order valence-electron chi connectivity index (χ0n) is 12.5. The summed E-state index contributed by atoms with van der Waals surface area (Å²) in [5, 5.41) is 6.82. The Labute approximate surface area is 125 Å². The van der Waals surface area contributed by atoms with Crippen LogP contribution in [0.5, 0.6) is 0 Å². The van der Waals surface area contributed by atoms with Crippen molar-refractivity contribution in [2.45, 2.75) is 44.7 Å². The Kier molecular flexibility index (Phi) is 4.82. The topological polar surface area (TPSA) is 92.0 Å². The first-order valence-electron chi connectivity index (χ1n) is 8.02. The van der Waals surface area contributed by atoms with Crippen LogP contribution in [0.3, 0.4) is 0 Å². The van der Waals surface area contributed by atoms with Crippen LogP contribution in [0.25, 0.3) is 0 Å². The van der Waals surface area contributed by atoms with Crippen molar-refractivity contribution in [2.24, 2.45) is 5.73 Å². The molecule has 116 valence electrons. The summed E-state index contributed by atoms with van der Waals surface area (Å²) >= 11 is 0. The summed E-state index contributed by atoms with van der Waals surface area (Å²) in [6.45, 7) is 4.14. The molecule has 0 atom stereocenters. The Bertz CT molecular complexity index is 453. The summed E-state index contributed by atoms with van der Waals surface area (Å²) in [5.41, 5.74) is 5.74. The molecule has 2 aliphatic rings. The average molecular weight is 291 g/mol. The summed E-state index contributed by atoms with van der Waals surface area (Å²) < 4.78 is 0. The maximum Gasteiger partial charge on any atom is 0.230 e. The van der Waals surface area contributed by atoms with E-state index >= 15 is 0 Å². The van der Waals surface area contributed by atoms with E-state index < -0.39 is 0 Å². The van der Waals surface area contributed by atoms with Crippen molar-refractivity contribution in [3.8, 4) is 0 Å². The molecule has 1 saturated carbocycles. The SMILES string of the molecule is NCc1nc(NC2CCCCC2)nc(N2CCNCC2)n1. The van der Waals surface area contributed by atoms with Crippen LogP contribution in [0.4, 0.5) is 11.9 Å². The van der Waals surface area contributed by atoms with Gasteiger partial charge in [-0.1, -0.05) is 19.3 Å². The third-order valence-corrected chi connectivity index (χ3v) is 4.19. The van der Waals surface area contributed by atoms with Crippen LogP contribution in [0.2, 0.25) is 0 Å². The van der Waals surface area contributed by atoms with E-state index in [4.69, 9.17) is 5.73 Å². The van der Waals surface area contributed by atoms with Crippen molar-refractivity contribution in [3.05, 3.63) is 5.82 Å². The molecule has 0 unspecified atom stereocenters. The van der Waals surface area contributed by atoms with Gasteiger partial charge in [0.05, 0.1) is 6.54 Å². The Morgan fingerprint density at radius 2 is 1.86 bits per heavy atom. The highest BCUT2D eigenvalue weighted by molar-refractivity contribution is 5.38. The lowest BCUT2D eigenvalue weighted by Crippen LogP contribution is -2.44. The Balaban J connectivity index is 1.75. The molecular formula is C14H25N7. The van der Waals surface area contributed by atoms with Gasteiger partial charge in [-0.05, 0) is 12.8 Å². The second kappa shape index (κ2) is 7.00. The molecule has 1 aliphatic carbocycles. The minimum atomic E-state index is 0.348. The smallest absolute Gasteiger partial charge is 0.230 e. The van der Waals surface area contributed by atoms with Crippen LogP contribution < -0.4 is 21.3 Å². The van der Waals surface area contributed by atoms with E-state index in [1.807, 2.05) is 0 Å². The molecule has 1 aromatic heterocycles. The number of nitrogens with two attached hydrogens (primary N) is 1. The van der Waals surface area contributed by atoms with Crippen molar-refractivity contribution in [1.82, 2.24) is 20.3 Å². The predicted molar refractivity (Wildman–Crippen MR) is 83.3 cm³/mol. The van der Waals surface area contributed by atoms with Crippen LogP contribution in [-0.2, 0) is 6.54 Å². The van der Waals surface area contributed by atoms with Crippen LogP contribution in [0.15, 0.2) is 0 Å². The molecule has 1 aliphatic heterocycles. The van der Waals surface area contributed by atoms with E-state index in [0.717, 1.165) is 32.1 Å². The van der Waals surface area contributed by atoms with Crippen molar-refractivity contribution >= 4 is 11.9 Å². The number of rotatable bonds is 4. The van der Waals surface area contributed by atoms with Crippen LogP contribution in [-0.4, -0.2) is 47.2 Å². The monoisotopic (exact) mass is 291 g/mol. The molecule has 0 radical (unpaired) electrons. The predicted octanol–water partition coefficient (Wildman–Crippen LogP) is 0.484. The van der Waals surface area contributed by atoms with Gasteiger partial charge in [-0.2, -0.15) is 15.0 Å². The molecule has 21 heavy (non-hydrogen) atoms. The highest BCUT2D eigenvalue weighted by Crippen LogP contribution is 2.21. The number of nitrogens with one attached hydrogen (secondary N) is 2. The van der Waals surface area contributed by atoms with E-state index in [0.29, 0.717) is 24.4 Å². The molecule has 0 bridgehead atoms. The highest BCUT2D eigenvalue weighted by Gasteiger charge is 2.18. The molecule has 0 aromatic carbocycles. The number of nitrogens with zero attached hydrogens (tertiary/aromatic N) is 4. The van der Waals surface area contributed by atoms with Gasteiger partial charge in [-0.15, -0.1) is 0 Å². The van der Waals surface area contributed by atoms with Gasteiger partial charge in [0.1, 0.15) is 5.82 Å². The number of hydrogen-bond acceptors (Lipinski definition) is 7. The first-order chi connectivity index (χ1) is 10.3. The summed E-state index contributed by atoms with van der Waals surface area (Å²) in [5.74, 6) is 2.10. The van der Waals surface area contributed by atoms with Crippen LogP contribution >= 0.6 is 0 Å². The van der Waals surface area contributed by atoms with E-state index in [1.54, 1.807) is 0 Å². The van der Waals surface area contributed by atoms with Crippen molar-refractivity contribution in [3.63, 3.8) is 0 Å². The molecular weight excluding hydrogens is 266 g/mol. The Morgan fingerprint density at radius 1 is 1.10 bits per heavy atom. The molecule has 7 heteroatoms. The Hall–Kier alpha value is -1.47. The fourth-order valence-corrected chi connectivity index (χ4v) is 3.00. The van der Waals surface area contributed by atoms with Gasteiger partial charge >= 0.3 is 0 Å². The summed E-state index contributed by atoms with van der Waals surface area (Å²) in [4.78, 5) is 15.7. The van der Waals surface area contributed by atoms with Gasteiger partial charge in [0, 0.05) is 32.2 Å². The minimum absolute atomic E-state index is 0.348. The quantitative estimate of drug-likeness (QED) is 0.743. The lowest BCUT2D eigenvalue weighted by atomic mass is 9.96. The molecule has 1 aromatic rings. The van der Waals surface area contributed by atoms with E-state index in [2.05, 4.69) is 30.5 Å². The first-order valence-corrected chi connectivity index (χ1v) is 8.02. The molecule has 3 rings (SSSR count). The second-order valence-corrected chi connectivity index (χ2v) is 5.80. The summed E-state index contributed by atoms with van der Waals surface area (Å²) in [6.07, 6.45) is 6.32. The number of anilines is 2. The molecule has 7 nitrogen and oxygen atoms in total. The van der Waals surface area contributed by atoms with E-state index in [9.17, 15) is 0 Å². The molecule has 2 heterocycles. The third kappa shape index (κ3) is 3.79. The zero-order chi connectivity index (χ0) is 14.5. The largest absolute Gasteiger partial charge is 0.351 e. The summed E-state index contributed by atoms with van der Waals surface area (Å²) in [7, 11) is 0. The van der Waals surface area contributed by atoms with Gasteiger partial charge in [-0.25, -0.2) is 0 Å². The number of aromatic nitrogens is 3. The lowest BCUT2D eigenvalue weighted by molar-refractivity contribution is 0.460. The van der Waals surface area contributed by atoms with Crippen LogP contribution in [0, 0.1) is 0 Å². The summed E-state index contributed by atoms with van der Waals surface area (Å²) in [6, 6.07) is 0.489. The molecule has 0 amide bonds. The van der Waals surface area contributed by atoms with E-state index in [-0.39, 0.29) is 0 Å². The van der Waals surface area contributed by atoms with E-state index in [1.165, 1.54) is 32.1 Å². The second-order valence-electron chi connectivity index (χ2n) is 5.80. The van der Waals surface area contributed by atoms with Crippen LogP contribution in [0.1, 0.15) is 37.9 Å². The Morgan fingerprint density at radius 3 is 2.57 bits per heavy atom. The molecule has 0 spiro atoms. The molecule has 2 fully saturated rings.